The highest BCUT2D eigenvalue weighted by atomic mass is 16.5. The highest BCUT2D eigenvalue weighted by Crippen LogP contribution is 1.97. The molecule has 1 rings (SSSR count). The van der Waals surface area contributed by atoms with Gasteiger partial charge in [0.2, 0.25) is 5.89 Å². The van der Waals surface area contributed by atoms with Gasteiger partial charge in [-0.2, -0.15) is 4.98 Å². The van der Waals surface area contributed by atoms with Crippen LogP contribution < -0.4 is 5.73 Å². The van der Waals surface area contributed by atoms with Gasteiger partial charge in [-0.05, 0) is 6.42 Å². The maximum Gasteiger partial charge on any atom is 0.227 e. The van der Waals surface area contributed by atoms with Crippen molar-refractivity contribution < 1.29 is 4.52 Å². The predicted octanol–water partition coefficient (Wildman–Crippen LogP) is 0.349. The van der Waals surface area contributed by atoms with Crippen LogP contribution in [0.25, 0.3) is 0 Å². The lowest BCUT2D eigenvalue weighted by Crippen LogP contribution is -2.21. The van der Waals surface area contributed by atoms with Crippen molar-refractivity contribution in [1.29, 1.82) is 0 Å². The van der Waals surface area contributed by atoms with Crippen molar-refractivity contribution in [1.82, 2.24) is 10.1 Å². The summed E-state index contributed by atoms with van der Waals surface area (Å²) in [6.45, 7) is 2.03. The molecule has 0 spiro atoms. The Balaban J connectivity index is 2.40. The second-order valence-corrected chi connectivity index (χ2v) is 2.21. The van der Waals surface area contributed by atoms with E-state index in [0.717, 1.165) is 6.42 Å². The van der Waals surface area contributed by atoms with Crippen LogP contribution in [0, 0.1) is 0 Å². The van der Waals surface area contributed by atoms with Crippen molar-refractivity contribution in [3.05, 3.63) is 12.2 Å². The third-order valence-corrected chi connectivity index (χ3v) is 1.37. The maximum absolute atomic E-state index is 5.64. The zero-order valence-electron chi connectivity index (χ0n) is 5.95. The molecule has 10 heavy (non-hydrogen) atoms. The van der Waals surface area contributed by atoms with Crippen LogP contribution in [0.2, 0.25) is 0 Å². The molecule has 0 aromatic carbocycles. The topological polar surface area (TPSA) is 64.9 Å². The lowest BCUT2D eigenvalue weighted by Gasteiger charge is -2.02. The molecule has 1 heterocycles. The number of aromatic nitrogens is 2. The van der Waals surface area contributed by atoms with Gasteiger partial charge in [-0.3, -0.25) is 0 Å². The summed E-state index contributed by atoms with van der Waals surface area (Å²) in [5.41, 5.74) is 5.64. The Bertz CT molecular complexity index is 173. The van der Waals surface area contributed by atoms with Crippen LogP contribution in [0.4, 0.5) is 0 Å². The highest BCUT2D eigenvalue weighted by molar-refractivity contribution is 4.79. The van der Waals surface area contributed by atoms with E-state index in [9.17, 15) is 0 Å². The average molecular weight is 141 g/mol. The summed E-state index contributed by atoms with van der Waals surface area (Å²) in [5, 5.41) is 3.47. The Morgan fingerprint density at radius 3 is 3.10 bits per heavy atom. The van der Waals surface area contributed by atoms with E-state index in [2.05, 4.69) is 10.1 Å². The minimum absolute atomic E-state index is 0.139. The molecule has 0 aliphatic heterocycles. The quantitative estimate of drug-likeness (QED) is 0.659. The summed E-state index contributed by atoms with van der Waals surface area (Å²) in [6, 6.07) is 0.139. The van der Waals surface area contributed by atoms with Crippen LogP contribution in [0.5, 0.6) is 0 Å². The van der Waals surface area contributed by atoms with E-state index in [4.69, 9.17) is 10.3 Å². The van der Waals surface area contributed by atoms with Gasteiger partial charge in [-0.1, -0.05) is 12.1 Å². The third-order valence-electron chi connectivity index (χ3n) is 1.37. The molecule has 4 nitrogen and oxygen atoms in total. The molecule has 0 saturated carbocycles. The van der Waals surface area contributed by atoms with Crippen molar-refractivity contribution in [2.45, 2.75) is 25.8 Å². The number of hydrogen-bond acceptors (Lipinski definition) is 4. The minimum Gasteiger partial charge on any atom is -0.340 e. The standard InChI is InChI=1S/C6H11N3O/c1-2-5(7)3-6-8-4-9-10-6/h4-5H,2-3,7H2,1H3. The second kappa shape index (κ2) is 3.31. The van der Waals surface area contributed by atoms with E-state index in [1.165, 1.54) is 6.33 Å². The van der Waals surface area contributed by atoms with E-state index in [0.29, 0.717) is 12.3 Å². The summed E-state index contributed by atoms with van der Waals surface area (Å²) < 4.78 is 4.76. The van der Waals surface area contributed by atoms with Crippen molar-refractivity contribution in [3.8, 4) is 0 Å². The zero-order chi connectivity index (χ0) is 7.40. The minimum atomic E-state index is 0.139. The van der Waals surface area contributed by atoms with Crippen LogP contribution in [-0.2, 0) is 6.42 Å². The van der Waals surface area contributed by atoms with Gasteiger partial charge < -0.3 is 10.3 Å². The maximum atomic E-state index is 5.64. The van der Waals surface area contributed by atoms with Crippen LogP contribution in [0.3, 0.4) is 0 Å². The normalized spacial score (nSPS) is 13.4. The molecular formula is C6H11N3O. The molecule has 56 valence electrons. The van der Waals surface area contributed by atoms with Crippen molar-refractivity contribution in [3.63, 3.8) is 0 Å². The van der Waals surface area contributed by atoms with Gasteiger partial charge in [0.1, 0.15) is 0 Å². The summed E-state index contributed by atoms with van der Waals surface area (Å²) in [6.07, 6.45) is 3.00. The first kappa shape index (κ1) is 7.21. The molecular weight excluding hydrogens is 130 g/mol. The third kappa shape index (κ3) is 1.80. The van der Waals surface area contributed by atoms with E-state index >= 15 is 0 Å². The molecule has 1 aromatic heterocycles. The molecule has 0 aliphatic carbocycles. The number of rotatable bonds is 3. The van der Waals surface area contributed by atoms with Crippen LogP contribution in [0.1, 0.15) is 19.2 Å². The van der Waals surface area contributed by atoms with Gasteiger partial charge >= 0.3 is 0 Å². The van der Waals surface area contributed by atoms with Gasteiger partial charge in [-0.25, -0.2) is 0 Å². The van der Waals surface area contributed by atoms with Crippen molar-refractivity contribution in [2.75, 3.05) is 0 Å². The second-order valence-electron chi connectivity index (χ2n) is 2.21. The van der Waals surface area contributed by atoms with Crippen molar-refractivity contribution >= 4 is 0 Å². The fourth-order valence-electron chi connectivity index (χ4n) is 0.655. The fourth-order valence-corrected chi connectivity index (χ4v) is 0.655. The monoisotopic (exact) mass is 141 g/mol. The summed E-state index contributed by atoms with van der Waals surface area (Å²) in [4.78, 5) is 3.85. The first-order valence-corrected chi connectivity index (χ1v) is 3.34. The van der Waals surface area contributed by atoms with E-state index in [1.54, 1.807) is 0 Å². The molecule has 0 aliphatic rings. The molecule has 0 saturated heterocycles. The average Bonchev–Trinajstić information content (AvgIpc) is 2.40. The largest absolute Gasteiger partial charge is 0.340 e. The van der Waals surface area contributed by atoms with Gasteiger partial charge in [0.05, 0.1) is 0 Å². The molecule has 1 unspecified atom stereocenters. The molecule has 0 fully saturated rings. The molecule has 1 atom stereocenters. The number of nitrogens with two attached hydrogens (primary N) is 1. The number of hydrogen-bond donors (Lipinski definition) is 1. The SMILES string of the molecule is CCC(N)Cc1ncno1. The first-order valence-electron chi connectivity index (χ1n) is 3.34. The molecule has 1 aromatic rings. The molecule has 4 heteroatoms. The van der Waals surface area contributed by atoms with Gasteiger partial charge in [0.15, 0.2) is 6.33 Å². The van der Waals surface area contributed by atoms with Crippen molar-refractivity contribution in [2.24, 2.45) is 5.73 Å². The summed E-state index contributed by atoms with van der Waals surface area (Å²) in [7, 11) is 0. The highest BCUT2D eigenvalue weighted by Gasteiger charge is 2.04. The van der Waals surface area contributed by atoms with Gasteiger partial charge in [0.25, 0.3) is 0 Å². The van der Waals surface area contributed by atoms with Crippen LogP contribution in [0.15, 0.2) is 10.9 Å². The Kier molecular flexibility index (Phi) is 2.39. The zero-order valence-corrected chi connectivity index (χ0v) is 5.95. The van der Waals surface area contributed by atoms with Crippen LogP contribution >= 0.6 is 0 Å². The van der Waals surface area contributed by atoms with E-state index in [1.807, 2.05) is 6.92 Å². The lowest BCUT2D eigenvalue weighted by atomic mass is 10.2. The summed E-state index contributed by atoms with van der Waals surface area (Å²) in [5.74, 6) is 0.620. The fraction of sp³-hybridized carbons (Fsp3) is 0.667. The summed E-state index contributed by atoms with van der Waals surface area (Å²) >= 11 is 0. The number of nitrogens with zero attached hydrogens (tertiary/aromatic N) is 2. The molecule has 0 bridgehead atoms. The van der Waals surface area contributed by atoms with E-state index in [-0.39, 0.29) is 6.04 Å². The van der Waals surface area contributed by atoms with Gasteiger partial charge in [0, 0.05) is 12.5 Å². The Labute approximate surface area is 59.4 Å². The Morgan fingerprint density at radius 1 is 1.80 bits per heavy atom. The van der Waals surface area contributed by atoms with Crippen LogP contribution in [-0.4, -0.2) is 16.2 Å². The first-order chi connectivity index (χ1) is 4.83. The smallest absolute Gasteiger partial charge is 0.227 e. The molecule has 0 amide bonds. The Hall–Kier alpha value is -0.900. The van der Waals surface area contributed by atoms with Gasteiger partial charge in [-0.15, -0.1) is 0 Å². The lowest BCUT2D eigenvalue weighted by molar-refractivity contribution is 0.366. The Morgan fingerprint density at radius 2 is 2.60 bits per heavy atom. The molecule has 2 N–H and O–H groups in total. The predicted molar refractivity (Wildman–Crippen MR) is 36.3 cm³/mol. The van der Waals surface area contributed by atoms with E-state index < -0.39 is 0 Å². The molecule has 0 radical (unpaired) electrons.